The molecule has 0 aliphatic rings. The Labute approximate surface area is 145 Å². The molecule has 1 heterocycles. The molecule has 24 heavy (non-hydrogen) atoms. The van der Waals surface area contributed by atoms with E-state index in [2.05, 4.69) is 14.9 Å². The van der Waals surface area contributed by atoms with Crippen LogP contribution in [0.25, 0.3) is 11.3 Å². The van der Waals surface area contributed by atoms with Gasteiger partial charge in [0.15, 0.2) is 11.4 Å². The van der Waals surface area contributed by atoms with E-state index in [1.807, 2.05) is 0 Å². The third-order valence-electron chi connectivity index (χ3n) is 2.81. The lowest BCUT2D eigenvalue weighted by Gasteiger charge is -2.15. The Bertz CT molecular complexity index is 877. The van der Waals surface area contributed by atoms with Crippen molar-refractivity contribution in [3.8, 4) is 23.1 Å². The van der Waals surface area contributed by atoms with E-state index in [0.29, 0.717) is 0 Å². The number of nitrogens with one attached hydrogen (secondary N) is 1. The number of nitrogen functional groups attached to an aromatic ring is 1. The topological polar surface area (TPSA) is 105 Å². The van der Waals surface area contributed by atoms with Gasteiger partial charge in [-0.15, -0.1) is 13.2 Å². The fourth-order valence-electron chi connectivity index (χ4n) is 1.91. The molecule has 0 aliphatic heterocycles. The largest absolute Gasteiger partial charge is 0.573 e. The number of H-pyrrole nitrogens is 1. The number of hydrogen-bond donors (Lipinski definition) is 2. The highest BCUT2D eigenvalue weighted by Gasteiger charge is 2.33. The molecule has 0 saturated heterocycles. The van der Waals surface area contributed by atoms with Crippen LogP contribution in [0.5, 0.6) is 5.75 Å². The van der Waals surface area contributed by atoms with E-state index in [4.69, 9.17) is 34.2 Å². The molecule has 1 atom stereocenters. The highest BCUT2D eigenvalue weighted by molar-refractivity contribution is 7.84. The lowest BCUT2D eigenvalue weighted by atomic mass is 10.1. The van der Waals surface area contributed by atoms with Crippen LogP contribution in [0, 0.1) is 11.3 Å². The van der Waals surface area contributed by atoms with Crippen molar-refractivity contribution in [2.24, 2.45) is 0 Å². The van der Waals surface area contributed by atoms with E-state index in [1.165, 1.54) is 6.26 Å². The van der Waals surface area contributed by atoms with Crippen molar-refractivity contribution in [3.05, 3.63) is 21.8 Å². The number of hydrogen-bond acceptors (Lipinski definition) is 5. The molecule has 0 saturated carbocycles. The zero-order valence-corrected chi connectivity index (χ0v) is 14.0. The van der Waals surface area contributed by atoms with Gasteiger partial charge in [0.25, 0.3) is 0 Å². The number of nitriles is 1. The number of nitrogens with zero attached hydrogens (tertiary/aromatic N) is 2. The smallest absolute Gasteiger partial charge is 0.403 e. The zero-order valence-electron chi connectivity index (χ0n) is 11.7. The average molecular weight is 399 g/mol. The maximum Gasteiger partial charge on any atom is 0.573 e. The second-order valence-corrected chi connectivity index (χ2v) is 6.45. The first kappa shape index (κ1) is 18.4. The van der Waals surface area contributed by atoms with Crippen molar-refractivity contribution in [3.63, 3.8) is 0 Å². The van der Waals surface area contributed by atoms with E-state index in [0.717, 1.165) is 6.07 Å². The van der Waals surface area contributed by atoms with Crippen molar-refractivity contribution >= 4 is 39.7 Å². The third-order valence-corrected chi connectivity index (χ3v) is 4.47. The number of aromatic amines is 1. The maximum atomic E-state index is 12.4. The monoisotopic (exact) mass is 398 g/mol. The molecule has 0 bridgehead atoms. The summed E-state index contributed by atoms with van der Waals surface area (Å²) in [6, 6.07) is 2.56. The zero-order chi connectivity index (χ0) is 18.2. The molecular formula is C12H7Cl2F3N4O2S. The standard InChI is InChI=1S/C12H7Cl2F3N4O2S/c1-24(22)11-5(3-18)20-21-10(11)7-4(13)2-6(9(19)8(7)14)23-12(15,16)17/h2H,19H2,1H3,(H,20,21). The minimum atomic E-state index is -4.99. The van der Waals surface area contributed by atoms with Gasteiger partial charge in [-0.3, -0.25) is 9.31 Å². The van der Waals surface area contributed by atoms with Gasteiger partial charge in [0.2, 0.25) is 0 Å². The predicted molar refractivity (Wildman–Crippen MR) is 82.2 cm³/mol. The Morgan fingerprint density at radius 2 is 2.08 bits per heavy atom. The minimum Gasteiger partial charge on any atom is -0.403 e. The fraction of sp³-hybridized carbons (Fsp3) is 0.167. The second kappa shape index (κ2) is 6.51. The first-order valence-electron chi connectivity index (χ1n) is 5.92. The fourth-order valence-corrected chi connectivity index (χ4v) is 3.33. The normalized spacial score (nSPS) is 12.7. The summed E-state index contributed by atoms with van der Waals surface area (Å²) in [5, 5.41) is 14.5. The summed E-state index contributed by atoms with van der Waals surface area (Å²) in [7, 11) is -1.65. The van der Waals surface area contributed by atoms with Crippen LogP contribution in [0.4, 0.5) is 18.9 Å². The van der Waals surface area contributed by atoms with Crippen molar-refractivity contribution < 1.29 is 22.1 Å². The highest BCUT2D eigenvalue weighted by atomic mass is 35.5. The van der Waals surface area contributed by atoms with Gasteiger partial charge < -0.3 is 10.5 Å². The molecule has 1 aromatic carbocycles. The number of halogens is 5. The molecule has 1 aromatic heterocycles. The Balaban J connectivity index is 2.71. The van der Waals surface area contributed by atoms with E-state index < -0.39 is 28.6 Å². The van der Waals surface area contributed by atoms with Gasteiger partial charge in [-0.25, -0.2) is 0 Å². The first-order chi connectivity index (χ1) is 11.1. The van der Waals surface area contributed by atoms with Crippen LogP contribution in [0.1, 0.15) is 5.69 Å². The van der Waals surface area contributed by atoms with E-state index in [1.54, 1.807) is 6.07 Å². The van der Waals surface area contributed by atoms with Crippen molar-refractivity contribution in [2.45, 2.75) is 11.3 Å². The summed E-state index contributed by atoms with van der Waals surface area (Å²) < 4.78 is 52.7. The molecular weight excluding hydrogens is 392 g/mol. The molecule has 12 heteroatoms. The number of rotatable bonds is 3. The first-order valence-corrected chi connectivity index (χ1v) is 8.23. The summed E-state index contributed by atoms with van der Waals surface area (Å²) in [6.45, 7) is 0. The number of alkyl halides is 3. The van der Waals surface area contributed by atoms with Crippen LogP contribution in [0.3, 0.4) is 0 Å². The Morgan fingerprint density at radius 1 is 1.46 bits per heavy atom. The average Bonchev–Trinajstić information content (AvgIpc) is 2.87. The molecule has 6 nitrogen and oxygen atoms in total. The van der Waals surface area contributed by atoms with Crippen molar-refractivity contribution in [1.29, 1.82) is 5.26 Å². The number of aromatic nitrogens is 2. The predicted octanol–water partition coefficient (Wildman–Crippen LogP) is 3.47. The van der Waals surface area contributed by atoms with E-state index in [-0.39, 0.29) is 31.9 Å². The lowest BCUT2D eigenvalue weighted by molar-refractivity contribution is -0.274. The highest BCUT2D eigenvalue weighted by Crippen LogP contribution is 2.45. The molecule has 0 radical (unpaired) electrons. The molecule has 0 amide bonds. The lowest BCUT2D eigenvalue weighted by Crippen LogP contribution is -2.18. The van der Waals surface area contributed by atoms with Crippen molar-refractivity contribution in [2.75, 3.05) is 12.0 Å². The molecule has 0 aliphatic carbocycles. The Morgan fingerprint density at radius 3 is 2.58 bits per heavy atom. The quantitative estimate of drug-likeness (QED) is 0.769. The molecule has 0 spiro atoms. The van der Waals surface area contributed by atoms with Crippen LogP contribution in [0.2, 0.25) is 10.0 Å². The van der Waals surface area contributed by atoms with Gasteiger partial charge >= 0.3 is 6.36 Å². The van der Waals surface area contributed by atoms with Gasteiger partial charge in [0.05, 0.1) is 32.2 Å². The molecule has 3 N–H and O–H groups in total. The maximum absolute atomic E-state index is 12.4. The van der Waals surface area contributed by atoms with Crippen LogP contribution >= 0.6 is 23.2 Å². The molecule has 2 rings (SSSR count). The van der Waals surface area contributed by atoms with Crippen LogP contribution in [0.15, 0.2) is 11.0 Å². The van der Waals surface area contributed by atoms with Crippen LogP contribution in [-0.2, 0) is 10.8 Å². The minimum absolute atomic E-state index is 0.00481. The Kier molecular flexibility index (Phi) is 4.98. The number of ether oxygens (including phenoxy) is 1. The van der Waals surface area contributed by atoms with Crippen molar-refractivity contribution in [1.82, 2.24) is 10.2 Å². The number of benzene rings is 1. The summed E-state index contributed by atoms with van der Waals surface area (Å²) in [4.78, 5) is 0.00481. The summed E-state index contributed by atoms with van der Waals surface area (Å²) in [6.07, 6.45) is -3.69. The SMILES string of the molecule is CS(=O)c1c(C#N)n[nH]c1-c1c(Cl)cc(OC(F)(F)F)c(N)c1Cl. The molecule has 1 unspecified atom stereocenters. The molecule has 0 fully saturated rings. The van der Waals surface area contributed by atoms with E-state index in [9.17, 15) is 17.4 Å². The van der Waals surface area contributed by atoms with E-state index >= 15 is 0 Å². The van der Waals surface area contributed by atoms with Crippen LogP contribution < -0.4 is 10.5 Å². The Hall–Kier alpha value is -1.96. The van der Waals surface area contributed by atoms with Crippen LogP contribution in [-0.4, -0.2) is 27.0 Å². The van der Waals surface area contributed by atoms with Gasteiger partial charge in [-0.05, 0) is 0 Å². The van der Waals surface area contributed by atoms with Gasteiger partial charge in [-0.1, -0.05) is 23.2 Å². The number of anilines is 1. The third kappa shape index (κ3) is 3.43. The second-order valence-electron chi connectivity index (χ2n) is 4.35. The van der Waals surface area contributed by atoms with Gasteiger partial charge in [0.1, 0.15) is 11.0 Å². The number of nitrogens with two attached hydrogens (primary N) is 1. The summed E-state index contributed by atoms with van der Waals surface area (Å²) in [5.41, 5.74) is 4.88. The summed E-state index contributed by atoms with van der Waals surface area (Å²) >= 11 is 12.0. The molecule has 2 aromatic rings. The summed E-state index contributed by atoms with van der Waals surface area (Å²) in [5.74, 6) is -0.777. The van der Waals surface area contributed by atoms with Gasteiger partial charge in [0, 0.05) is 17.9 Å². The van der Waals surface area contributed by atoms with Gasteiger partial charge in [-0.2, -0.15) is 10.4 Å². The molecule has 128 valence electrons.